The molecule has 0 aromatic heterocycles. The molecule has 0 aromatic carbocycles. The van der Waals surface area contributed by atoms with Crippen LogP contribution in [0, 0.1) is 0 Å². The van der Waals surface area contributed by atoms with Gasteiger partial charge < -0.3 is 8.85 Å². The first-order valence-electron chi connectivity index (χ1n) is 4.61. The normalized spacial score (nSPS) is 12.9. The average Bonchev–Trinajstić information content (AvgIpc) is 2.13. The first-order chi connectivity index (χ1) is 6.08. The van der Waals surface area contributed by atoms with Crippen LogP contribution in [0.1, 0.15) is 13.8 Å². The van der Waals surface area contributed by atoms with Crippen molar-refractivity contribution in [2.75, 3.05) is 41.4 Å². The molecule has 0 saturated carbocycles. The minimum atomic E-state index is -2.28. The van der Waals surface area contributed by atoms with Crippen LogP contribution in [-0.2, 0) is 8.85 Å². The molecule has 0 N–H and O–H groups in total. The predicted octanol–water partition coefficient (Wildman–Crippen LogP) is 0.618. The fraction of sp³-hybridized carbons (Fsp3) is 1.00. The van der Waals surface area contributed by atoms with E-state index in [1.54, 1.807) is 14.2 Å². The molecule has 4 nitrogen and oxygen atoms in total. The second-order valence-corrected chi connectivity index (χ2v) is 6.46. The van der Waals surface area contributed by atoms with Crippen LogP contribution < -0.4 is 0 Å². The molecule has 0 atom stereocenters. The summed E-state index contributed by atoms with van der Waals surface area (Å²) in [5.74, 6) is 0. The summed E-state index contributed by atoms with van der Waals surface area (Å²) >= 11 is 0. The van der Waals surface area contributed by atoms with Crippen molar-refractivity contribution in [1.29, 1.82) is 0 Å². The Bertz CT molecular complexity index is 136. The van der Waals surface area contributed by atoms with E-state index in [9.17, 15) is 0 Å². The van der Waals surface area contributed by atoms with Crippen LogP contribution in [0.3, 0.4) is 0 Å². The van der Waals surface area contributed by atoms with Gasteiger partial charge in [0.2, 0.25) is 0 Å². The lowest BCUT2D eigenvalue weighted by Gasteiger charge is -2.40. The second-order valence-electron chi connectivity index (χ2n) is 3.02. The third kappa shape index (κ3) is 2.51. The molecule has 0 saturated heterocycles. The zero-order chi connectivity index (χ0) is 10.5. The first-order valence-corrected chi connectivity index (χ1v) is 6.32. The minimum Gasteiger partial charge on any atom is -0.374 e. The third-order valence-electron chi connectivity index (χ3n) is 2.26. The molecule has 0 rings (SSSR count). The third-order valence-corrected chi connectivity index (χ3v) is 5.89. The molecule has 0 aliphatic carbocycles. The van der Waals surface area contributed by atoms with Crippen LogP contribution in [-0.4, -0.2) is 59.4 Å². The summed E-state index contributed by atoms with van der Waals surface area (Å²) < 4.78 is 15.4. The fourth-order valence-electron chi connectivity index (χ4n) is 1.61. The van der Waals surface area contributed by atoms with Gasteiger partial charge in [-0.15, -0.1) is 0 Å². The lowest BCUT2D eigenvalue weighted by molar-refractivity contribution is 0.117. The Kier molecular flexibility index (Phi) is 5.74. The Hall–Kier alpha value is 0.0569. The van der Waals surface area contributed by atoms with Crippen LogP contribution in [0.4, 0.5) is 0 Å². The van der Waals surface area contributed by atoms with Crippen LogP contribution in [0.2, 0.25) is 0 Å². The van der Waals surface area contributed by atoms with Crippen molar-refractivity contribution in [2.24, 2.45) is 0 Å². The lowest BCUT2D eigenvalue weighted by atomic mass is 10.7. The SMILES string of the molecule is CCN(CC)[Si](OC)(OC)N(C)C. The summed E-state index contributed by atoms with van der Waals surface area (Å²) in [5.41, 5.74) is 0. The van der Waals surface area contributed by atoms with Gasteiger partial charge in [-0.3, -0.25) is 9.13 Å². The van der Waals surface area contributed by atoms with E-state index in [1.807, 2.05) is 14.1 Å². The van der Waals surface area contributed by atoms with Crippen molar-refractivity contribution in [1.82, 2.24) is 9.13 Å². The Morgan fingerprint density at radius 2 is 1.38 bits per heavy atom. The molecular formula is C8H22N2O2Si. The molecule has 0 heterocycles. The Balaban J connectivity index is 4.71. The fourth-order valence-corrected chi connectivity index (χ4v) is 4.39. The van der Waals surface area contributed by atoms with E-state index in [4.69, 9.17) is 8.85 Å². The van der Waals surface area contributed by atoms with Crippen molar-refractivity contribution < 1.29 is 8.85 Å². The maximum atomic E-state index is 5.56. The molecule has 0 aromatic rings. The van der Waals surface area contributed by atoms with Crippen LogP contribution in [0.5, 0.6) is 0 Å². The molecule has 0 aliphatic rings. The van der Waals surface area contributed by atoms with Gasteiger partial charge in [-0.25, -0.2) is 0 Å². The van der Waals surface area contributed by atoms with Gasteiger partial charge in [0.1, 0.15) is 0 Å². The topological polar surface area (TPSA) is 24.9 Å². The van der Waals surface area contributed by atoms with Gasteiger partial charge in [-0.05, 0) is 27.2 Å². The lowest BCUT2D eigenvalue weighted by Crippen LogP contribution is -2.66. The van der Waals surface area contributed by atoms with Crippen molar-refractivity contribution in [3.05, 3.63) is 0 Å². The van der Waals surface area contributed by atoms with Gasteiger partial charge >= 0.3 is 8.88 Å². The molecule has 0 bridgehead atoms. The molecule has 13 heavy (non-hydrogen) atoms. The maximum Gasteiger partial charge on any atom is 0.521 e. The van der Waals surface area contributed by atoms with Crippen molar-refractivity contribution >= 4 is 8.88 Å². The largest absolute Gasteiger partial charge is 0.521 e. The van der Waals surface area contributed by atoms with E-state index in [1.165, 1.54) is 0 Å². The highest BCUT2D eigenvalue weighted by molar-refractivity contribution is 6.61. The van der Waals surface area contributed by atoms with Crippen molar-refractivity contribution in [2.45, 2.75) is 13.8 Å². The number of hydrogen-bond acceptors (Lipinski definition) is 4. The van der Waals surface area contributed by atoms with E-state index in [-0.39, 0.29) is 0 Å². The van der Waals surface area contributed by atoms with E-state index >= 15 is 0 Å². The number of nitrogens with zero attached hydrogens (tertiary/aromatic N) is 2. The summed E-state index contributed by atoms with van der Waals surface area (Å²) in [7, 11) is 5.14. The maximum absolute atomic E-state index is 5.56. The summed E-state index contributed by atoms with van der Waals surface area (Å²) in [6, 6.07) is 0. The molecule has 5 heteroatoms. The summed E-state index contributed by atoms with van der Waals surface area (Å²) in [6.45, 7) is 6.13. The molecule has 0 spiro atoms. The zero-order valence-electron chi connectivity index (χ0n) is 9.63. The van der Waals surface area contributed by atoms with Gasteiger partial charge in [0, 0.05) is 14.2 Å². The highest BCUT2D eigenvalue weighted by atomic mass is 28.4. The standard InChI is InChI=1S/C8H22N2O2Si/c1-7-10(8-2)13(11-5,12-6)9(3)4/h7-8H2,1-6H3. The summed E-state index contributed by atoms with van der Waals surface area (Å²) in [6.07, 6.45) is 0. The molecule has 80 valence electrons. The highest BCUT2D eigenvalue weighted by Crippen LogP contribution is 2.13. The molecule has 0 fully saturated rings. The minimum absolute atomic E-state index is 0.947. The van der Waals surface area contributed by atoms with Gasteiger partial charge in [-0.1, -0.05) is 13.8 Å². The molecule has 0 radical (unpaired) electrons. The zero-order valence-corrected chi connectivity index (χ0v) is 10.6. The highest BCUT2D eigenvalue weighted by Gasteiger charge is 2.45. The first kappa shape index (κ1) is 13.1. The van der Waals surface area contributed by atoms with Gasteiger partial charge in [0.05, 0.1) is 0 Å². The van der Waals surface area contributed by atoms with Gasteiger partial charge in [-0.2, -0.15) is 0 Å². The molecule has 0 unspecified atom stereocenters. The smallest absolute Gasteiger partial charge is 0.374 e. The van der Waals surface area contributed by atoms with Crippen molar-refractivity contribution in [3.63, 3.8) is 0 Å². The molecule has 0 amide bonds. The number of rotatable bonds is 6. The Morgan fingerprint density at radius 3 is 1.46 bits per heavy atom. The van der Waals surface area contributed by atoms with Crippen molar-refractivity contribution in [3.8, 4) is 0 Å². The summed E-state index contributed by atoms with van der Waals surface area (Å²) in [5, 5.41) is 0. The monoisotopic (exact) mass is 206 g/mol. The van der Waals surface area contributed by atoms with E-state index in [0.717, 1.165) is 13.1 Å². The summed E-state index contributed by atoms with van der Waals surface area (Å²) in [4.78, 5) is 0. The Labute approximate surface area is 82.8 Å². The van der Waals surface area contributed by atoms with Gasteiger partial charge in [0.25, 0.3) is 0 Å². The Morgan fingerprint density at radius 1 is 1.00 bits per heavy atom. The van der Waals surface area contributed by atoms with Crippen LogP contribution in [0.15, 0.2) is 0 Å². The van der Waals surface area contributed by atoms with E-state index in [2.05, 4.69) is 23.0 Å². The average molecular weight is 206 g/mol. The predicted molar refractivity (Wildman–Crippen MR) is 56.4 cm³/mol. The molecular weight excluding hydrogens is 184 g/mol. The van der Waals surface area contributed by atoms with Gasteiger partial charge in [0.15, 0.2) is 0 Å². The van der Waals surface area contributed by atoms with E-state index < -0.39 is 8.88 Å². The second kappa shape index (κ2) is 5.72. The van der Waals surface area contributed by atoms with Crippen LogP contribution >= 0.6 is 0 Å². The van der Waals surface area contributed by atoms with E-state index in [0.29, 0.717) is 0 Å². The quantitative estimate of drug-likeness (QED) is 0.595. The van der Waals surface area contributed by atoms with Crippen LogP contribution in [0.25, 0.3) is 0 Å². The molecule has 0 aliphatic heterocycles. The number of hydrogen-bond donors (Lipinski definition) is 0.